The third-order valence-corrected chi connectivity index (χ3v) is 2.78. The monoisotopic (exact) mass is 244 g/mol. The molecule has 0 aromatic heterocycles. The van der Waals surface area contributed by atoms with Crippen molar-refractivity contribution in [1.82, 2.24) is 5.32 Å². The topological polar surface area (TPSA) is 55.1 Å². The van der Waals surface area contributed by atoms with Gasteiger partial charge in [0.15, 0.2) is 0 Å². The molecular weight excluding hydrogens is 233 g/mol. The summed E-state index contributed by atoms with van der Waals surface area (Å²) in [6.45, 7) is 0. The molecule has 1 aromatic carbocycles. The molecule has 3 nitrogen and oxygen atoms in total. The molecule has 0 spiro atoms. The third-order valence-electron chi connectivity index (χ3n) is 2.78. The summed E-state index contributed by atoms with van der Waals surface area (Å²) >= 11 is 0. The molecule has 0 heterocycles. The van der Waals surface area contributed by atoms with E-state index in [4.69, 9.17) is 5.73 Å². The molecule has 17 heavy (non-hydrogen) atoms. The number of nitrogens with one attached hydrogen (secondary N) is 1. The Bertz CT molecular complexity index is 427. The van der Waals surface area contributed by atoms with Gasteiger partial charge < -0.3 is 11.1 Å². The first kappa shape index (κ1) is 11.8. The van der Waals surface area contributed by atoms with Crippen molar-refractivity contribution in [2.75, 3.05) is 0 Å². The number of alkyl halides is 3. The molecule has 3 N–H and O–H groups in total. The van der Waals surface area contributed by atoms with Gasteiger partial charge in [0.1, 0.15) is 0 Å². The highest BCUT2D eigenvalue weighted by Crippen LogP contribution is 2.41. The van der Waals surface area contributed by atoms with Crippen molar-refractivity contribution in [2.45, 2.75) is 24.6 Å². The zero-order chi connectivity index (χ0) is 12.6. The van der Waals surface area contributed by atoms with Crippen molar-refractivity contribution in [3.63, 3.8) is 0 Å². The number of hydrogen-bond donors (Lipinski definition) is 2. The largest absolute Gasteiger partial charge is 0.416 e. The van der Waals surface area contributed by atoms with Gasteiger partial charge in [-0.3, -0.25) is 0 Å². The fourth-order valence-electron chi connectivity index (χ4n) is 1.82. The first-order chi connectivity index (χ1) is 7.88. The average Bonchev–Trinajstić information content (AvgIpc) is 2.95. The van der Waals surface area contributed by atoms with Gasteiger partial charge in [0.2, 0.25) is 0 Å². The number of hydrogen-bond acceptors (Lipinski definition) is 1. The molecule has 0 saturated heterocycles. The molecular formula is C11H11F3N2O. The number of carbonyl (C=O) groups is 1. The summed E-state index contributed by atoms with van der Waals surface area (Å²) < 4.78 is 36.9. The lowest BCUT2D eigenvalue weighted by atomic mass is 10.1. The molecule has 2 rings (SSSR count). The Kier molecular flexibility index (Phi) is 2.73. The number of halogens is 3. The number of carbonyl (C=O) groups excluding carboxylic acids is 1. The van der Waals surface area contributed by atoms with Crippen molar-refractivity contribution in [1.29, 1.82) is 0 Å². The normalized spacial score (nSPS) is 23.2. The van der Waals surface area contributed by atoms with E-state index in [0.29, 0.717) is 6.42 Å². The van der Waals surface area contributed by atoms with Crippen LogP contribution in [-0.4, -0.2) is 12.1 Å². The molecule has 6 heteroatoms. The van der Waals surface area contributed by atoms with E-state index >= 15 is 0 Å². The molecule has 1 aliphatic rings. The van der Waals surface area contributed by atoms with Crippen molar-refractivity contribution in [2.24, 2.45) is 5.73 Å². The number of nitrogens with two attached hydrogens (primary N) is 1. The second kappa shape index (κ2) is 3.94. The van der Waals surface area contributed by atoms with Gasteiger partial charge in [-0.05, 0) is 24.1 Å². The smallest absolute Gasteiger partial charge is 0.352 e. The molecule has 92 valence electrons. The van der Waals surface area contributed by atoms with Gasteiger partial charge in [-0.25, -0.2) is 4.79 Å². The van der Waals surface area contributed by atoms with E-state index < -0.39 is 17.8 Å². The van der Waals surface area contributed by atoms with E-state index in [1.807, 2.05) is 0 Å². The minimum absolute atomic E-state index is 0.0516. The number of benzene rings is 1. The van der Waals surface area contributed by atoms with Crippen LogP contribution in [0.2, 0.25) is 0 Å². The summed E-state index contributed by atoms with van der Waals surface area (Å²) in [5, 5.41) is 2.53. The van der Waals surface area contributed by atoms with Crippen molar-refractivity contribution in [3.05, 3.63) is 35.4 Å². The van der Waals surface area contributed by atoms with Gasteiger partial charge in [0.05, 0.1) is 5.56 Å². The van der Waals surface area contributed by atoms with Gasteiger partial charge in [-0.1, -0.05) is 12.1 Å². The Balaban J connectivity index is 2.03. The summed E-state index contributed by atoms with van der Waals surface area (Å²) in [4.78, 5) is 10.6. The second-order valence-electron chi connectivity index (χ2n) is 4.08. The van der Waals surface area contributed by atoms with Crippen LogP contribution in [0, 0.1) is 0 Å². The molecule has 0 bridgehead atoms. The maximum atomic E-state index is 12.3. The average molecular weight is 244 g/mol. The molecule has 2 amide bonds. The molecule has 2 atom stereocenters. The highest BCUT2D eigenvalue weighted by molar-refractivity contribution is 5.72. The maximum absolute atomic E-state index is 12.3. The zero-order valence-corrected chi connectivity index (χ0v) is 8.79. The van der Waals surface area contributed by atoms with Gasteiger partial charge in [0.25, 0.3) is 0 Å². The Hall–Kier alpha value is -1.72. The van der Waals surface area contributed by atoms with Gasteiger partial charge in [0, 0.05) is 12.0 Å². The predicted molar refractivity (Wildman–Crippen MR) is 55.3 cm³/mol. The van der Waals surface area contributed by atoms with Crippen LogP contribution in [-0.2, 0) is 6.18 Å². The molecule has 1 fully saturated rings. The third kappa shape index (κ3) is 2.69. The van der Waals surface area contributed by atoms with Crippen LogP contribution in [0.25, 0.3) is 0 Å². The summed E-state index contributed by atoms with van der Waals surface area (Å²) in [5.74, 6) is 0.0739. The fourth-order valence-corrected chi connectivity index (χ4v) is 1.82. The standard InChI is InChI=1S/C11H11F3N2O/c12-11(13,14)7-3-1-6(2-4-7)8-5-9(8)16-10(15)17/h1-4,8-9H,5H2,(H3,15,16,17)/t8-,9+/m0/s1. The Morgan fingerprint density at radius 3 is 2.35 bits per heavy atom. The van der Waals surface area contributed by atoms with E-state index in [1.165, 1.54) is 12.1 Å². The minimum Gasteiger partial charge on any atom is -0.352 e. The van der Waals surface area contributed by atoms with Crippen LogP contribution in [0.5, 0.6) is 0 Å². The van der Waals surface area contributed by atoms with Crippen molar-refractivity contribution in [3.8, 4) is 0 Å². The van der Waals surface area contributed by atoms with Crippen LogP contribution in [0.3, 0.4) is 0 Å². The summed E-state index contributed by atoms with van der Waals surface area (Å²) in [7, 11) is 0. The van der Waals surface area contributed by atoms with Gasteiger partial charge in [-0.2, -0.15) is 13.2 Å². The van der Waals surface area contributed by atoms with Crippen LogP contribution in [0.1, 0.15) is 23.5 Å². The van der Waals surface area contributed by atoms with Crippen molar-refractivity contribution >= 4 is 6.03 Å². The molecule has 1 aliphatic carbocycles. The van der Waals surface area contributed by atoms with E-state index in [1.54, 1.807) is 0 Å². The SMILES string of the molecule is NC(=O)N[C@@H]1C[C@H]1c1ccc(C(F)(F)F)cc1. The first-order valence-electron chi connectivity index (χ1n) is 5.11. The predicted octanol–water partition coefficient (Wildman–Crippen LogP) is 2.23. The van der Waals surface area contributed by atoms with Gasteiger partial charge in [-0.15, -0.1) is 0 Å². The quantitative estimate of drug-likeness (QED) is 0.823. The molecule has 1 aromatic rings. The lowest BCUT2D eigenvalue weighted by molar-refractivity contribution is -0.137. The summed E-state index contributed by atoms with van der Waals surface area (Å²) in [6, 6.07) is 4.32. The number of amides is 2. The van der Waals surface area contributed by atoms with E-state index in [-0.39, 0.29) is 12.0 Å². The summed E-state index contributed by atoms with van der Waals surface area (Å²) in [6.07, 6.45) is -3.60. The molecule has 0 radical (unpaired) electrons. The van der Waals surface area contributed by atoms with Crippen LogP contribution < -0.4 is 11.1 Å². The Morgan fingerprint density at radius 1 is 1.29 bits per heavy atom. The van der Waals surface area contributed by atoms with E-state index in [2.05, 4.69) is 5.32 Å². The van der Waals surface area contributed by atoms with Crippen LogP contribution >= 0.6 is 0 Å². The Morgan fingerprint density at radius 2 is 1.88 bits per heavy atom. The number of urea groups is 1. The van der Waals surface area contributed by atoms with E-state index in [9.17, 15) is 18.0 Å². The zero-order valence-electron chi connectivity index (χ0n) is 8.79. The fraction of sp³-hybridized carbons (Fsp3) is 0.364. The lowest BCUT2D eigenvalue weighted by Crippen LogP contribution is -2.31. The first-order valence-corrected chi connectivity index (χ1v) is 5.11. The molecule has 0 aliphatic heterocycles. The number of rotatable bonds is 2. The van der Waals surface area contributed by atoms with Gasteiger partial charge >= 0.3 is 12.2 Å². The van der Waals surface area contributed by atoms with Crippen molar-refractivity contribution < 1.29 is 18.0 Å². The molecule has 0 unspecified atom stereocenters. The minimum atomic E-state index is -4.31. The number of primary amides is 1. The van der Waals surface area contributed by atoms with Crippen LogP contribution in [0.4, 0.5) is 18.0 Å². The van der Waals surface area contributed by atoms with Crippen LogP contribution in [0.15, 0.2) is 24.3 Å². The maximum Gasteiger partial charge on any atom is 0.416 e. The second-order valence-corrected chi connectivity index (χ2v) is 4.08. The highest BCUT2D eigenvalue weighted by Gasteiger charge is 2.39. The summed E-state index contributed by atoms with van der Waals surface area (Å²) in [5.41, 5.74) is 5.08. The highest BCUT2D eigenvalue weighted by atomic mass is 19.4. The van der Waals surface area contributed by atoms with E-state index in [0.717, 1.165) is 17.7 Å². The lowest BCUT2D eigenvalue weighted by Gasteiger charge is -2.07. The molecule has 1 saturated carbocycles. The Labute approximate surface area is 95.8 Å².